The van der Waals surface area contributed by atoms with Crippen molar-refractivity contribution in [3.63, 3.8) is 0 Å². The van der Waals surface area contributed by atoms with E-state index >= 15 is 0 Å². The highest BCUT2D eigenvalue weighted by atomic mass is 19.4. The lowest BCUT2D eigenvalue weighted by Gasteiger charge is -2.20. The van der Waals surface area contributed by atoms with E-state index in [1.165, 1.54) is 0 Å². The SMILES string of the molecule is Cc1ccc(C)c(C(N)c2cc(F)ccc2C(F)(F)F)c1. The molecular formula is C16H15F4N. The molecule has 2 aromatic carbocycles. The number of benzene rings is 2. The van der Waals surface area contributed by atoms with Crippen LogP contribution >= 0.6 is 0 Å². The van der Waals surface area contributed by atoms with Crippen LogP contribution in [-0.2, 0) is 6.18 Å². The molecule has 0 bridgehead atoms. The summed E-state index contributed by atoms with van der Waals surface area (Å²) >= 11 is 0. The molecule has 0 fully saturated rings. The minimum Gasteiger partial charge on any atom is -0.320 e. The van der Waals surface area contributed by atoms with Crippen molar-refractivity contribution < 1.29 is 17.6 Å². The Morgan fingerprint density at radius 2 is 1.62 bits per heavy atom. The molecule has 0 amide bonds. The smallest absolute Gasteiger partial charge is 0.320 e. The number of nitrogens with two attached hydrogens (primary N) is 1. The van der Waals surface area contributed by atoms with Crippen molar-refractivity contribution in [1.82, 2.24) is 0 Å². The molecule has 0 saturated heterocycles. The number of hydrogen-bond acceptors (Lipinski definition) is 1. The highest BCUT2D eigenvalue weighted by molar-refractivity contribution is 5.43. The van der Waals surface area contributed by atoms with E-state index in [0.29, 0.717) is 5.56 Å². The Hall–Kier alpha value is -1.88. The standard InChI is InChI=1S/C16H15F4N/c1-9-3-4-10(2)12(7-9)15(21)13-8-11(17)5-6-14(13)16(18,19)20/h3-8,15H,21H2,1-2H3. The average Bonchev–Trinajstić information content (AvgIpc) is 2.39. The van der Waals surface area contributed by atoms with Crippen LogP contribution in [0.3, 0.4) is 0 Å². The fourth-order valence-electron chi connectivity index (χ4n) is 2.31. The van der Waals surface area contributed by atoms with Crippen LogP contribution in [0.2, 0.25) is 0 Å². The van der Waals surface area contributed by atoms with Gasteiger partial charge in [0, 0.05) is 0 Å². The Morgan fingerprint density at radius 3 is 2.24 bits per heavy atom. The van der Waals surface area contributed by atoms with Crippen LogP contribution in [0.5, 0.6) is 0 Å². The van der Waals surface area contributed by atoms with Crippen molar-refractivity contribution in [3.05, 3.63) is 70.0 Å². The minimum atomic E-state index is -4.57. The highest BCUT2D eigenvalue weighted by Gasteiger charge is 2.35. The van der Waals surface area contributed by atoms with Gasteiger partial charge in [-0.1, -0.05) is 23.8 Å². The quantitative estimate of drug-likeness (QED) is 0.811. The predicted molar refractivity (Wildman–Crippen MR) is 73.3 cm³/mol. The van der Waals surface area contributed by atoms with E-state index in [-0.39, 0.29) is 5.56 Å². The molecule has 2 aromatic rings. The molecule has 112 valence electrons. The van der Waals surface area contributed by atoms with Crippen LogP contribution in [-0.4, -0.2) is 0 Å². The van der Waals surface area contributed by atoms with Gasteiger partial charge >= 0.3 is 6.18 Å². The Labute approximate surface area is 120 Å². The van der Waals surface area contributed by atoms with E-state index in [1.807, 2.05) is 13.0 Å². The summed E-state index contributed by atoms with van der Waals surface area (Å²) in [5.74, 6) is -0.737. The lowest BCUT2D eigenvalue weighted by Crippen LogP contribution is -2.19. The summed E-state index contributed by atoms with van der Waals surface area (Å²) in [6.07, 6.45) is -4.57. The van der Waals surface area contributed by atoms with Crippen molar-refractivity contribution in [2.45, 2.75) is 26.1 Å². The Bertz CT molecular complexity index is 662. The monoisotopic (exact) mass is 297 g/mol. The van der Waals surface area contributed by atoms with Crippen LogP contribution in [0.4, 0.5) is 17.6 Å². The second-order valence-corrected chi connectivity index (χ2v) is 5.07. The fraction of sp³-hybridized carbons (Fsp3) is 0.250. The molecule has 2 N–H and O–H groups in total. The molecule has 0 radical (unpaired) electrons. The molecule has 21 heavy (non-hydrogen) atoms. The van der Waals surface area contributed by atoms with Gasteiger partial charge in [0.25, 0.3) is 0 Å². The van der Waals surface area contributed by atoms with Gasteiger partial charge in [-0.25, -0.2) is 4.39 Å². The van der Waals surface area contributed by atoms with E-state index in [2.05, 4.69) is 0 Å². The van der Waals surface area contributed by atoms with Crippen LogP contribution in [0.1, 0.15) is 33.9 Å². The zero-order valence-electron chi connectivity index (χ0n) is 11.6. The molecule has 0 heterocycles. The van der Waals surface area contributed by atoms with Gasteiger partial charge in [0.2, 0.25) is 0 Å². The number of hydrogen-bond donors (Lipinski definition) is 1. The predicted octanol–water partition coefficient (Wildman–Crippen LogP) is 4.51. The third-order valence-corrected chi connectivity index (χ3v) is 3.42. The molecule has 0 aliphatic carbocycles. The minimum absolute atomic E-state index is 0.254. The molecule has 0 spiro atoms. The number of aryl methyl sites for hydroxylation is 2. The van der Waals surface area contributed by atoms with E-state index in [4.69, 9.17) is 5.73 Å². The van der Waals surface area contributed by atoms with Gasteiger partial charge in [0.15, 0.2) is 0 Å². The Morgan fingerprint density at radius 1 is 0.952 bits per heavy atom. The topological polar surface area (TPSA) is 26.0 Å². The Kier molecular flexibility index (Phi) is 4.05. The van der Waals surface area contributed by atoms with Crippen LogP contribution < -0.4 is 5.73 Å². The summed E-state index contributed by atoms with van der Waals surface area (Å²) in [5.41, 5.74) is 7.04. The maximum absolute atomic E-state index is 13.4. The number of rotatable bonds is 2. The summed E-state index contributed by atoms with van der Waals surface area (Å²) in [4.78, 5) is 0. The van der Waals surface area contributed by atoms with Gasteiger partial charge in [-0.05, 0) is 48.7 Å². The number of halogens is 4. The lowest BCUT2D eigenvalue weighted by molar-refractivity contribution is -0.138. The molecule has 1 nitrogen and oxygen atoms in total. The molecule has 0 saturated carbocycles. The first-order valence-corrected chi connectivity index (χ1v) is 6.39. The zero-order valence-corrected chi connectivity index (χ0v) is 11.6. The maximum Gasteiger partial charge on any atom is 0.416 e. The van der Waals surface area contributed by atoms with Crippen LogP contribution in [0.25, 0.3) is 0 Å². The fourth-order valence-corrected chi connectivity index (χ4v) is 2.31. The molecule has 0 aliphatic rings. The normalized spacial score (nSPS) is 13.3. The summed E-state index contributed by atoms with van der Waals surface area (Å²) in [6.45, 7) is 3.59. The van der Waals surface area contributed by atoms with E-state index in [9.17, 15) is 17.6 Å². The van der Waals surface area contributed by atoms with E-state index in [0.717, 1.165) is 29.3 Å². The van der Waals surface area contributed by atoms with Crippen molar-refractivity contribution in [3.8, 4) is 0 Å². The molecule has 1 unspecified atom stereocenters. The summed E-state index contributed by atoms with van der Waals surface area (Å²) in [7, 11) is 0. The molecule has 0 aliphatic heterocycles. The van der Waals surface area contributed by atoms with Crippen molar-refractivity contribution in [2.24, 2.45) is 5.73 Å². The van der Waals surface area contributed by atoms with Gasteiger partial charge in [0.1, 0.15) is 5.82 Å². The second kappa shape index (κ2) is 5.48. The molecule has 0 aromatic heterocycles. The highest BCUT2D eigenvalue weighted by Crippen LogP contribution is 2.36. The van der Waals surface area contributed by atoms with Gasteiger partial charge < -0.3 is 5.73 Å². The molecule has 1 atom stereocenters. The third kappa shape index (κ3) is 3.24. The van der Waals surface area contributed by atoms with E-state index < -0.39 is 23.6 Å². The maximum atomic E-state index is 13.4. The summed E-state index contributed by atoms with van der Waals surface area (Å²) in [6, 6.07) is 6.72. The average molecular weight is 297 g/mol. The summed E-state index contributed by atoms with van der Waals surface area (Å²) < 4.78 is 52.5. The van der Waals surface area contributed by atoms with Gasteiger partial charge in [0.05, 0.1) is 11.6 Å². The van der Waals surface area contributed by atoms with Crippen molar-refractivity contribution >= 4 is 0 Å². The first-order chi connectivity index (χ1) is 9.70. The van der Waals surface area contributed by atoms with E-state index in [1.54, 1.807) is 19.1 Å². The third-order valence-electron chi connectivity index (χ3n) is 3.42. The van der Waals surface area contributed by atoms with Gasteiger partial charge in [-0.3, -0.25) is 0 Å². The largest absolute Gasteiger partial charge is 0.416 e. The number of alkyl halides is 3. The second-order valence-electron chi connectivity index (χ2n) is 5.07. The van der Waals surface area contributed by atoms with Crippen LogP contribution in [0.15, 0.2) is 36.4 Å². The van der Waals surface area contributed by atoms with Crippen molar-refractivity contribution in [2.75, 3.05) is 0 Å². The first-order valence-electron chi connectivity index (χ1n) is 6.39. The lowest BCUT2D eigenvalue weighted by atomic mass is 9.91. The first kappa shape index (κ1) is 15.5. The van der Waals surface area contributed by atoms with Gasteiger partial charge in [-0.15, -0.1) is 0 Å². The molecule has 2 rings (SSSR count). The summed E-state index contributed by atoms with van der Waals surface area (Å²) in [5, 5.41) is 0. The van der Waals surface area contributed by atoms with Crippen LogP contribution in [0, 0.1) is 19.7 Å². The van der Waals surface area contributed by atoms with Gasteiger partial charge in [-0.2, -0.15) is 13.2 Å². The molecule has 5 heteroatoms. The molecular weight excluding hydrogens is 282 g/mol. The Balaban J connectivity index is 2.60. The van der Waals surface area contributed by atoms with Crippen molar-refractivity contribution in [1.29, 1.82) is 0 Å². The zero-order chi connectivity index (χ0) is 15.8.